The molecule has 1 aliphatic rings. The third-order valence-electron chi connectivity index (χ3n) is 4.69. The van der Waals surface area contributed by atoms with Crippen molar-refractivity contribution >= 4 is 27.3 Å². The molecule has 1 aromatic rings. The number of nitrogens with zero attached hydrogens (tertiary/aromatic N) is 2. The van der Waals surface area contributed by atoms with Gasteiger partial charge in [-0.25, -0.2) is 8.42 Å². The van der Waals surface area contributed by atoms with E-state index in [1.807, 2.05) is 24.3 Å². The molecule has 0 aromatic heterocycles. The van der Waals surface area contributed by atoms with E-state index in [1.165, 1.54) is 28.9 Å². The summed E-state index contributed by atoms with van der Waals surface area (Å²) in [7, 11) is -3.34. The number of amides is 1. The molecule has 1 amide bonds. The Morgan fingerprint density at radius 3 is 2.46 bits per heavy atom. The number of benzene rings is 1. The lowest BCUT2D eigenvalue weighted by molar-refractivity contribution is -0.116. The lowest BCUT2D eigenvalue weighted by Crippen LogP contribution is -2.33. The first-order valence-electron chi connectivity index (χ1n) is 9.00. The zero-order valence-corrected chi connectivity index (χ0v) is 16.5. The first kappa shape index (κ1) is 20.5. The Morgan fingerprint density at radius 2 is 1.92 bits per heavy atom. The average Bonchev–Trinajstić information content (AvgIpc) is 2.59. The molecule has 0 radical (unpaired) electrons. The van der Waals surface area contributed by atoms with E-state index in [2.05, 4.69) is 23.7 Å². The zero-order chi connectivity index (χ0) is 19.2. The van der Waals surface area contributed by atoms with Crippen molar-refractivity contribution in [1.29, 1.82) is 0 Å². The molecular weight excluding hydrogens is 350 g/mol. The van der Waals surface area contributed by atoms with E-state index in [0.29, 0.717) is 0 Å². The fourth-order valence-electron chi connectivity index (χ4n) is 3.01. The molecule has 1 fully saturated rings. The van der Waals surface area contributed by atoms with E-state index in [9.17, 15) is 13.2 Å². The van der Waals surface area contributed by atoms with E-state index < -0.39 is 10.0 Å². The van der Waals surface area contributed by atoms with Gasteiger partial charge in [0.15, 0.2) is 0 Å². The number of piperidine rings is 1. The van der Waals surface area contributed by atoms with Crippen LogP contribution in [0.15, 0.2) is 36.9 Å². The molecule has 0 atom stereocenters. The number of carbonyl (C=O) groups is 1. The number of hydrogen-bond donors (Lipinski definition) is 1. The van der Waals surface area contributed by atoms with Crippen LogP contribution >= 0.6 is 0 Å². The molecule has 0 aliphatic carbocycles. The van der Waals surface area contributed by atoms with Crippen LogP contribution in [0.5, 0.6) is 0 Å². The summed E-state index contributed by atoms with van der Waals surface area (Å²) in [6.45, 7) is 8.31. The monoisotopic (exact) mass is 379 g/mol. The van der Waals surface area contributed by atoms with Crippen LogP contribution in [0.1, 0.15) is 26.2 Å². The molecule has 2 rings (SSSR count). The van der Waals surface area contributed by atoms with Gasteiger partial charge in [0.1, 0.15) is 0 Å². The molecule has 1 aromatic carbocycles. The molecular formula is C19H29N3O3S. The maximum atomic E-state index is 12.1. The Hall–Kier alpha value is -1.86. The van der Waals surface area contributed by atoms with Crippen LogP contribution in [-0.2, 0) is 14.8 Å². The third-order valence-corrected chi connectivity index (χ3v) is 5.96. The van der Waals surface area contributed by atoms with Crippen molar-refractivity contribution in [3.63, 3.8) is 0 Å². The molecule has 7 heteroatoms. The van der Waals surface area contributed by atoms with Gasteiger partial charge in [0.25, 0.3) is 0 Å². The zero-order valence-electron chi connectivity index (χ0n) is 15.6. The number of anilines is 2. The Kier molecular flexibility index (Phi) is 7.23. The standard InChI is InChI=1S/C19H29N3O3S/c1-4-12-22(26(3,24)25)15-11-19(23)20-17-5-7-18(8-6-17)21-13-9-16(2)10-14-21/h4-8,16H,1,9-15H2,2-3H3,(H,20,23). The van der Waals surface area contributed by atoms with Gasteiger partial charge in [-0.3, -0.25) is 4.79 Å². The van der Waals surface area contributed by atoms with Gasteiger partial charge in [-0.1, -0.05) is 13.0 Å². The highest BCUT2D eigenvalue weighted by molar-refractivity contribution is 7.88. The second kappa shape index (κ2) is 9.19. The van der Waals surface area contributed by atoms with Crippen LogP contribution < -0.4 is 10.2 Å². The van der Waals surface area contributed by atoms with Crippen molar-refractivity contribution in [2.24, 2.45) is 5.92 Å². The van der Waals surface area contributed by atoms with Gasteiger partial charge in [0.2, 0.25) is 15.9 Å². The quantitative estimate of drug-likeness (QED) is 0.705. The topological polar surface area (TPSA) is 69.7 Å². The van der Waals surface area contributed by atoms with Gasteiger partial charge in [-0.15, -0.1) is 6.58 Å². The largest absolute Gasteiger partial charge is 0.372 e. The van der Waals surface area contributed by atoms with Gasteiger partial charge < -0.3 is 10.2 Å². The Balaban J connectivity index is 1.86. The summed E-state index contributed by atoms with van der Waals surface area (Å²) in [5.41, 5.74) is 1.89. The molecule has 0 spiro atoms. The van der Waals surface area contributed by atoms with Crippen molar-refractivity contribution in [1.82, 2.24) is 4.31 Å². The first-order valence-corrected chi connectivity index (χ1v) is 10.9. The lowest BCUT2D eigenvalue weighted by Gasteiger charge is -2.32. The van der Waals surface area contributed by atoms with Crippen molar-refractivity contribution in [3.05, 3.63) is 36.9 Å². The Morgan fingerprint density at radius 1 is 1.31 bits per heavy atom. The van der Waals surface area contributed by atoms with Gasteiger partial charge in [0.05, 0.1) is 6.26 Å². The summed E-state index contributed by atoms with van der Waals surface area (Å²) < 4.78 is 24.5. The summed E-state index contributed by atoms with van der Waals surface area (Å²) in [5.74, 6) is 0.583. The van der Waals surface area contributed by atoms with E-state index >= 15 is 0 Å². The molecule has 0 bridgehead atoms. The smallest absolute Gasteiger partial charge is 0.225 e. The number of carbonyl (C=O) groups excluding carboxylic acids is 1. The van der Waals surface area contributed by atoms with Crippen LogP contribution in [0.2, 0.25) is 0 Å². The number of hydrogen-bond acceptors (Lipinski definition) is 4. The van der Waals surface area contributed by atoms with E-state index in [0.717, 1.165) is 31.0 Å². The molecule has 1 N–H and O–H groups in total. The number of nitrogens with one attached hydrogen (secondary N) is 1. The lowest BCUT2D eigenvalue weighted by atomic mass is 9.99. The predicted molar refractivity (Wildman–Crippen MR) is 107 cm³/mol. The van der Waals surface area contributed by atoms with Gasteiger partial charge >= 0.3 is 0 Å². The maximum Gasteiger partial charge on any atom is 0.225 e. The molecule has 1 heterocycles. The second-order valence-corrected chi connectivity index (χ2v) is 8.91. The normalized spacial score (nSPS) is 15.9. The summed E-state index contributed by atoms with van der Waals surface area (Å²) in [6, 6.07) is 7.82. The fourth-order valence-corrected chi connectivity index (χ4v) is 3.81. The van der Waals surface area contributed by atoms with Gasteiger partial charge in [0, 0.05) is 44.0 Å². The molecule has 0 unspecified atom stereocenters. The van der Waals surface area contributed by atoms with Crippen molar-refractivity contribution in [2.45, 2.75) is 26.2 Å². The minimum absolute atomic E-state index is 0.104. The van der Waals surface area contributed by atoms with Crippen molar-refractivity contribution in [3.8, 4) is 0 Å². The van der Waals surface area contributed by atoms with E-state index in [-0.39, 0.29) is 25.4 Å². The molecule has 144 valence electrons. The van der Waals surface area contributed by atoms with Crippen LogP contribution in [0.3, 0.4) is 0 Å². The van der Waals surface area contributed by atoms with E-state index in [4.69, 9.17) is 0 Å². The van der Waals surface area contributed by atoms with Crippen molar-refractivity contribution in [2.75, 3.05) is 42.7 Å². The van der Waals surface area contributed by atoms with Crippen LogP contribution in [0.4, 0.5) is 11.4 Å². The SMILES string of the molecule is C=CCN(CCC(=O)Nc1ccc(N2CCC(C)CC2)cc1)S(C)(=O)=O. The van der Waals surface area contributed by atoms with E-state index in [1.54, 1.807) is 0 Å². The van der Waals surface area contributed by atoms with Crippen molar-refractivity contribution < 1.29 is 13.2 Å². The highest BCUT2D eigenvalue weighted by Crippen LogP contribution is 2.24. The maximum absolute atomic E-state index is 12.1. The fraction of sp³-hybridized carbons (Fsp3) is 0.526. The van der Waals surface area contributed by atoms with Crippen LogP contribution in [-0.4, -0.2) is 51.1 Å². The summed E-state index contributed by atoms with van der Waals surface area (Å²) in [4.78, 5) is 14.5. The van der Waals surface area contributed by atoms with Crippen LogP contribution in [0.25, 0.3) is 0 Å². The van der Waals surface area contributed by atoms with Crippen LogP contribution in [0, 0.1) is 5.92 Å². The number of sulfonamides is 1. The highest BCUT2D eigenvalue weighted by Gasteiger charge is 2.17. The third kappa shape index (κ3) is 6.14. The summed E-state index contributed by atoms with van der Waals surface area (Å²) >= 11 is 0. The second-order valence-electron chi connectivity index (χ2n) is 6.92. The Bertz CT molecular complexity index is 708. The molecule has 1 aliphatic heterocycles. The summed E-state index contributed by atoms with van der Waals surface area (Å²) in [5, 5.41) is 2.82. The predicted octanol–water partition coefficient (Wildman–Crippen LogP) is 2.70. The summed E-state index contributed by atoms with van der Waals surface area (Å²) in [6.07, 6.45) is 5.17. The molecule has 6 nitrogen and oxygen atoms in total. The Labute approximate surface area is 156 Å². The molecule has 26 heavy (non-hydrogen) atoms. The minimum Gasteiger partial charge on any atom is -0.372 e. The average molecular weight is 380 g/mol. The molecule has 0 saturated carbocycles. The molecule has 1 saturated heterocycles. The first-order chi connectivity index (χ1) is 12.3. The number of rotatable bonds is 8. The minimum atomic E-state index is -3.34. The highest BCUT2D eigenvalue weighted by atomic mass is 32.2. The van der Waals surface area contributed by atoms with Gasteiger partial charge in [-0.05, 0) is 43.0 Å². The van der Waals surface area contributed by atoms with Gasteiger partial charge in [-0.2, -0.15) is 4.31 Å².